The van der Waals surface area contributed by atoms with Crippen molar-refractivity contribution in [3.8, 4) is 6.07 Å². The van der Waals surface area contributed by atoms with Gasteiger partial charge in [0.2, 0.25) is 5.91 Å². The number of amides is 1. The molecule has 1 aromatic rings. The number of nitriles is 1. The molecular formula is C18H19N3O5S. The number of thioether (sulfide) groups is 1. The van der Waals surface area contributed by atoms with Gasteiger partial charge in [0.25, 0.3) is 5.69 Å². The van der Waals surface area contributed by atoms with Gasteiger partial charge in [-0.15, -0.1) is 0 Å². The molecule has 9 heteroatoms. The van der Waals surface area contributed by atoms with Crippen LogP contribution >= 0.6 is 11.8 Å². The molecule has 1 aliphatic heterocycles. The minimum absolute atomic E-state index is 0.0164. The topological polar surface area (TPSA) is 122 Å². The summed E-state index contributed by atoms with van der Waals surface area (Å²) < 4.78 is 5.07. The zero-order chi connectivity index (χ0) is 19.8. The van der Waals surface area contributed by atoms with E-state index >= 15 is 0 Å². The van der Waals surface area contributed by atoms with E-state index in [0.29, 0.717) is 22.8 Å². The molecule has 0 fully saturated rings. The van der Waals surface area contributed by atoms with Crippen LogP contribution in [-0.2, 0) is 14.3 Å². The summed E-state index contributed by atoms with van der Waals surface area (Å²) in [5.74, 6) is -1.22. The largest absolute Gasteiger partial charge is 0.465 e. The Morgan fingerprint density at radius 1 is 1.44 bits per heavy atom. The zero-order valence-corrected chi connectivity index (χ0v) is 15.6. The van der Waals surface area contributed by atoms with Crippen LogP contribution in [-0.4, -0.2) is 29.2 Å². The first-order chi connectivity index (χ1) is 13.0. The van der Waals surface area contributed by atoms with Gasteiger partial charge in [-0.25, -0.2) is 0 Å². The zero-order valence-electron chi connectivity index (χ0n) is 14.8. The summed E-state index contributed by atoms with van der Waals surface area (Å²) in [5, 5.41) is 23.3. The van der Waals surface area contributed by atoms with Gasteiger partial charge in [0.05, 0.1) is 34.0 Å². The molecule has 0 aromatic heterocycles. The first kappa shape index (κ1) is 20.5. The maximum absolute atomic E-state index is 12.1. The number of nitro benzene ring substituents is 1. The summed E-state index contributed by atoms with van der Waals surface area (Å²) in [7, 11) is 0. The highest BCUT2D eigenvalue weighted by Crippen LogP contribution is 2.36. The number of ether oxygens (including phenoxy) is 1. The number of nitro groups is 1. The minimum Gasteiger partial charge on any atom is -0.465 e. The molecule has 0 aliphatic carbocycles. The molecular weight excluding hydrogens is 370 g/mol. The van der Waals surface area contributed by atoms with Gasteiger partial charge in [0.15, 0.2) is 0 Å². The van der Waals surface area contributed by atoms with E-state index in [1.165, 1.54) is 12.1 Å². The Hall–Kier alpha value is -2.86. The van der Waals surface area contributed by atoms with E-state index in [-0.39, 0.29) is 23.8 Å². The first-order valence-corrected chi connectivity index (χ1v) is 9.41. The van der Waals surface area contributed by atoms with Crippen LogP contribution in [0.25, 0.3) is 0 Å². The predicted octanol–water partition coefficient (Wildman–Crippen LogP) is 3.01. The third kappa shape index (κ3) is 5.56. The smallest absolute Gasteiger partial charge is 0.316 e. The van der Waals surface area contributed by atoms with E-state index < -0.39 is 16.8 Å². The van der Waals surface area contributed by atoms with E-state index in [4.69, 9.17) is 4.74 Å². The van der Waals surface area contributed by atoms with Gasteiger partial charge < -0.3 is 10.1 Å². The Kier molecular flexibility index (Phi) is 7.37. The second-order valence-electron chi connectivity index (χ2n) is 5.87. The monoisotopic (exact) mass is 389 g/mol. The third-order valence-corrected chi connectivity index (χ3v) is 4.95. The van der Waals surface area contributed by atoms with E-state index in [0.717, 1.165) is 24.6 Å². The van der Waals surface area contributed by atoms with Crippen LogP contribution < -0.4 is 5.32 Å². The summed E-state index contributed by atoms with van der Waals surface area (Å²) in [6.07, 6.45) is 1.75. The average Bonchev–Trinajstić information content (AvgIpc) is 2.66. The summed E-state index contributed by atoms with van der Waals surface area (Å²) in [6.45, 7) is 2.33. The molecule has 1 aromatic carbocycles. The molecule has 142 valence electrons. The molecule has 0 spiro atoms. The Balaban J connectivity index is 2.16. The van der Waals surface area contributed by atoms with Crippen LogP contribution in [0.4, 0.5) is 5.69 Å². The lowest BCUT2D eigenvalue weighted by Crippen LogP contribution is -2.31. The standard InChI is InChI=1S/C18H19N3O5S/c1-2-3-8-26-17(23)11-27-18-15(10-19)14(9-16(22)20-18)12-4-6-13(7-5-12)21(24)25/h4-7,14H,2-3,8-9,11H2,1H3,(H,20,22)/t14-/m0/s1. The molecule has 27 heavy (non-hydrogen) atoms. The highest BCUT2D eigenvalue weighted by molar-refractivity contribution is 8.03. The molecule has 1 amide bonds. The first-order valence-electron chi connectivity index (χ1n) is 8.43. The second-order valence-corrected chi connectivity index (χ2v) is 6.86. The van der Waals surface area contributed by atoms with Gasteiger partial charge in [-0.2, -0.15) is 5.26 Å². The summed E-state index contributed by atoms with van der Waals surface area (Å²) in [5.41, 5.74) is 0.899. The lowest BCUT2D eigenvalue weighted by Gasteiger charge is -2.24. The van der Waals surface area contributed by atoms with Gasteiger partial charge >= 0.3 is 5.97 Å². The van der Waals surface area contributed by atoms with Crippen molar-refractivity contribution < 1.29 is 19.2 Å². The number of carbonyl (C=O) groups is 2. The summed E-state index contributed by atoms with van der Waals surface area (Å²) in [4.78, 5) is 34.1. The number of rotatable bonds is 8. The van der Waals surface area contributed by atoms with Gasteiger partial charge in [-0.1, -0.05) is 37.2 Å². The third-order valence-electron chi connectivity index (χ3n) is 3.96. The van der Waals surface area contributed by atoms with Crippen molar-refractivity contribution in [2.75, 3.05) is 12.4 Å². The van der Waals surface area contributed by atoms with Crippen LogP contribution in [0.2, 0.25) is 0 Å². The quantitative estimate of drug-likeness (QED) is 0.314. The number of non-ortho nitro benzene ring substituents is 1. The Labute approximate surface area is 160 Å². The van der Waals surface area contributed by atoms with Crippen LogP contribution in [0.15, 0.2) is 34.9 Å². The van der Waals surface area contributed by atoms with Gasteiger partial charge in [0.1, 0.15) is 0 Å². The number of allylic oxidation sites excluding steroid dienone is 1. The van der Waals surface area contributed by atoms with Gasteiger partial charge in [0, 0.05) is 24.5 Å². The van der Waals surface area contributed by atoms with E-state index in [1.807, 2.05) is 6.92 Å². The van der Waals surface area contributed by atoms with Crippen LogP contribution in [0, 0.1) is 21.4 Å². The van der Waals surface area contributed by atoms with Crippen molar-refractivity contribution in [2.45, 2.75) is 32.1 Å². The van der Waals surface area contributed by atoms with Crippen LogP contribution in [0.1, 0.15) is 37.7 Å². The second kappa shape index (κ2) is 9.73. The van der Waals surface area contributed by atoms with Crippen molar-refractivity contribution in [2.24, 2.45) is 0 Å². The number of hydrogen-bond donors (Lipinski definition) is 1. The molecule has 1 atom stereocenters. The van der Waals surface area contributed by atoms with Crippen molar-refractivity contribution in [3.63, 3.8) is 0 Å². The highest BCUT2D eigenvalue weighted by Gasteiger charge is 2.30. The number of nitrogens with one attached hydrogen (secondary N) is 1. The molecule has 0 radical (unpaired) electrons. The summed E-state index contributed by atoms with van der Waals surface area (Å²) in [6, 6.07) is 7.86. The molecule has 0 bridgehead atoms. The number of esters is 1. The Bertz CT molecular complexity index is 798. The average molecular weight is 389 g/mol. The SMILES string of the molecule is CCCCOC(=O)CSC1=C(C#N)[C@H](c2ccc([N+](=O)[O-])cc2)CC(=O)N1. The summed E-state index contributed by atoms with van der Waals surface area (Å²) >= 11 is 1.05. The fourth-order valence-electron chi connectivity index (χ4n) is 2.55. The number of unbranched alkanes of at least 4 members (excludes halogenated alkanes) is 1. The molecule has 0 unspecified atom stereocenters. The molecule has 1 N–H and O–H groups in total. The van der Waals surface area contributed by atoms with Crippen molar-refractivity contribution >= 4 is 29.3 Å². The van der Waals surface area contributed by atoms with Crippen molar-refractivity contribution in [3.05, 3.63) is 50.5 Å². The number of carbonyl (C=O) groups excluding carboxylic acids is 2. The van der Waals surface area contributed by atoms with Gasteiger partial charge in [-0.3, -0.25) is 19.7 Å². The molecule has 0 saturated heterocycles. The fourth-order valence-corrected chi connectivity index (χ4v) is 3.42. The molecule has 1 aliphatic rings. The molecule has 0 saturated carbocycles. The number of nitrogens with zero attached hydrogens (tertiary/aromatic N) is 2. The molecule has 2 rings (SSSR count). The van der Waals surface area contributed by atoms with Crippen LogP contribution in [0.3, 0.4) is 0 Å². The Morgan fingerprint density at radius 2 is 2.15 bits per heavy atom. The van der Waals surface area contributed by atoms with Crippen molar-refractivity contribution in [1.82, 2.24) is 5.32 Å². The number of benzene rings is 1. The molecule has 1 heterocycles. The van der Waals surface area contributed by atoms with E-state index in [2.05, 4.69) is 11.4 Å². The van der Waals surface area contributed by atoms with E-state index in [1.54, 1.807) is 12.1 Å². The van der Waals surface area contributed by atoms with Crippen molar-refractivity contribution in [1.29, 1.82) is 5.26 Å². The van der Waals surface area contributed by atoms with Gasteiger partial charge in [-0.05, 0) is 12.0 Å². The van der Waals surface area contributed by atoms with E-state index in [9.17, 15) is 25.0 Å². The fraction of sp³-hybridized carbons (Fsp3) is 0.389. The normalized spacial score (nSPS) is 16.4. The minimum atomic E-state index is -0.511. The lowest BCUT2D eigenvalue weighted by molar-refractivity contribution is -0.384. The maximum atomic E-state index is 12.1. The predicted molar refractivity (Wildman–Crippen MR) is 99.6 cm³/mol. The Morgan fingerprint density at radius 3 is 2.74 bits per heavy atom. The van der Waals surface area contributed by atoms with Crippen LogP contribution in [0.5, 0.6) is 0 Å². The number of hydrogen-bond acceptors (Lipinski definition) is 7. The lowest BCUT2D eigenvalue weighted by atomic mass is 9.87. The molecule has 8 nitrogen and oxygen atoms in total. The maximum Gasteiger partial charge on any atom is 0.316 e. The highest BCUT2D eigenvalue weighted by atomic mass is 32.2.